The van der Waals surface area contributed by atoms with Gasteiger partial charge >= 0.3 is 12.0 Å². The number of phenols is 1. The van der Waals surface area contributed by atoms with Crippen LogP contribution in [0.2, 0.25) is 0 Å². The molecule has 0 saturated heterocycles. The highest BCUT2D eigenvalue weighted by atomic mass is 79.9. The number of amides is 2. The minimum atomic E-state index is -0.761. The summed E-state index contributed by atoms with van der Waals surface area (Å²) in [6.07, 6.45) is 0. The van der Waals surface area contributed by atoms with Crippen molar-refractivity contribution in [3.8, 4) is 11.5 Å². The van der Waals surface area contributed by atoms with E-state index in [0.717, 1.165) is 5.56 Å². The van der Waals surface area contributed by atoms with E-state index in [9.17, 15) is 14.7 Å². The number of phenolic OH excluding ortho intramolecular Hbond substituents is 1. The van der Waals surface area contributed by atoms with Crippen LogP contribution >= 0.6 is 15.9 Å². The highest BCUT2D eigenvalue weighted by molar-refractivity contribution is 9.10. The Balaban J connectivity index is 1.93. The van der Waals surface area contributed by atoms with E-state index in [4.69, 9.17) is 9.47 Å². The predicted octanol–water partition coefficient (Wildman–Crippen LogP) is 3.92. The van der Waals surface area contributed by atoms with Crippen molar-refractivity contribution in [3.05, 3.63) is 69.3 Å². The highest BCUT2D eigenvalue weighted by Gasteiger charge is 2.33. The molecule has 152 valence electrons. The number of hydrogen-bond donors (Lipinski definition) is 3. The molecule has 3 rings (SSSR count). The molecule has 1 atom stereocenters. The van der Waals surface area contributed by atoms with Crippen molar-refractivity contribution in [2.75, 3.05) is 6.61 Å². The van der Waals surface area contributed by atoms with Crippen molar-refractivity contribution in [2.24, 2.45) is 0 Å². The van der Waals surface area contributed by atoms with Gasteiger partial charge in [-0.3, -0.25) is 0 Å². The molecule has 0 radical (unpaired) electrons. The second kappa shape index (κ2) is 9.00. The maximum atomic E-state index is 12.9. The van der Waals surface area contributed by atoms with Crippen molar-refractivity contribution < 1.29 is 24.2 Å². The number of aromatic hydroxyl groups is 1. The summed E-state index contributed by atoms with van der Waals surface area (Å²) in [5.41, 5.74) is 2.10. The molecule has 0 spiro atoms. The molecule has 1 unspecified atom stereocenters. The monoisotopic (exact) mass is 460 g/mol. The SMILES string of the molecule is CCOc1cc(C2NC(=O)NC(C)=C2C(=O)OCc2ccccc2)cc(Br)c1O. The molecule has 2 aromatic carbocycles. The van der Waals surface area contributed by atoms with Crippen molar-refractivity contribution in [1.82, 2.24) is 10.6 Å². The van der Waals surface area contributed by atoms with Crippen LogP contribution in [0.3, 0.4) is 0 Å². The van der Waals surface area contributed by atoms with Gasteiger partial charge in [0.2, 0.25) is 0 Å². The first-order chi connectivity index (χ1) is 13.9. The third kappa shape index (κ3) is 4.71. The van der Waals surface area contributed by atoms with Gasteiger partial charge in [0.1, 0.15) is 6.61 Å². The Labute approximate surface area is 176 Å². The number of benzene rings is 2. The van der Waals surface area contributed by atoms with Gasteiger partial charge in [-0.1, -0.05) is 30.3 Å². The van der Waals surface area contributed by atoms with Gasteiger partial charge < -0.3 is 25.2 Å². The Morgan fingerprint density at radius 1 is 1.24 bits per heavy atom. The van der Waals surface area contributed by atoms with Crippen LogP contribution < -0.4 is 15.4 Å². The molecule has 8 heteroatoms. The Morgan fingerprint density at radius 2 is 1.97 bits per heavy atom. The van der Waals surface area contributed by atoms with Gasteiger partial charge in [0.25, 0.3) is 0 Å². The van der Waals surface area contributed by atoms with E-state index in [1.807, 2.05) is 30.3 Å². The first-order valence-electron chi connectivity index (χ1n) is 9.05. The number of allylic oxidation sites excluding steroid dienone is 1. The summed E-state index contributed by atoms with van der Waals surface area (Å²) >= 11 is 3.29. The Morgan fingerprint density at radius 3 is 2.66 bits per heavy atom. The minimum Gasteiger partial charge on any atom is -0.503 e. The summed E-state index contributed by atoms with van der Waals surface area (Å²) < 4.78 is 11.3. The van der Waals surface area contributed by atoms with Gasteiger partial charge in [-0.2, -0.15) is 0 Å². The molecule has 1 aliphatic rings. The Hall–Kier alpha value is -3.00. The zero-order valence-electron chi connectivity index (χ0n) is 16.0. The first kappa shape index (κ1) is 20.7. The molecule has 0 bridgehead atoms. The fourth-order valence-electron chi connectivity index (χ4n) is 3.04. The molecule has 1 heterocycles. The zero-order valence-corrected chi connectivity index (χ0v) is 17.6. The van der Waals surface area contributed by atoms with Gasteiger partial charge in [0.15, 0.2) is 11.5 Å². The number of carbonyl (C=O) groups excluding carboxylic acids is 2. The molecule has 29 heavy (non-hydrogen) atoms. The van der Waals surface area contributed by atoms with E-state index in [-0.39, 0.29) is 23.7 Å². The van der Waals surface area contributed by atoms with Crippen LogP contribution in [-0.2, 0) is 16.1 Å². The molecular weight excluding hydrogens is 440 g/mol. The molecule has 3 N–H and O–H groups in total. The first-order valence-corrected chi connectivity index (χ1v) is 9.84. The number of nitrogens with one attached hydrogen (secondary N) is 2. The summed E-state index contributed by atoms with van der Waals surface area (Å²) in [4.78, 5) is 24.9. The molecule has 0 saturated carbocycles. The summed E-state index contributed by atoms with van der Waals surface area (Å²) in [5, 5.41) is 15.5. The van der Waals surface area contributed by atoms with Crippen LogP contribution in [0.15, 0.2) is 58.2 Å². The molecule has 0 aromatic heterocycles. The third-order valence-corrected chi connectivity index (χ3v) is 4.99. The number of urea groups is 1. The largest absolute Gasteiger partial charge is 0.503 e. The number of halogens is 1. The van der Waals surface area contributed by atoms with Crippen LogP contribution in [-0.4, -0.2) is 23.7 Å². The van der Waals surface area contributed by atoms with Crippen molar-refractivity contribution in [3.63, 3.8) is 0 Å². The van der Waals surface area contributed by atoms with Gasteiger partial charge in [-0.05, 0) is 53.0 Å². The number of hydrogen-bond acceptors (Lipinski definition) is 5. The summed E-state index contributed by atoms with van der Waals surface area (Å²) in [6.45, 7) is 3.90. The molecule has 1 aliphatic heterocycles. The van der Waals surface area contributed by atoms with E-state index in [1.54, 1.807) is 26.0 Å². The highest BCUT2D eigenvalue weighted by Crippen LogP contribution is 2.39. The van der Waals surface area contributed by atoms with Gasteiger partial charge in [0, 0.05) is 5.70 Å². The number of rotatable bonds is 6. The number of ether oxygens (including phenoxy) is 2. The second-order valence-corrected chi connectivity index (χ2v) is 7.27. The fraction of sp³-hybridized carbons (Fsp3) is 0.238. The summed E-state index contributed by atoms with van der Waals surface area (Å²) in [5.74, 6) is -0.352. The Bertz CT molecular complexity index is 959. The van der Waals surface area contributed by atoms with Crippen LogP contribution in [0, 0.1) is 0 Å². The zero-order chi connectivity index (χ0) is 21.0. The lowest BCUT2D eigenvalue weighted by atomic mass is 9.95. The quantitative estimate of drug-likeness (QED) is 0.567. The van der Waals surface area contributed by atoms with Crippen LogP contribution in [0.4, 0.5) is 4.79 Å². The van der Waals surface area contributed by atoms with E-state index < -0.39 is 18.0 Å². The Kier molecular flexibility index (Phi) is 6.43. The lowest BCUT2D eigenvalue weighted by molar-refractivity contribution is -0.140. The third-order valence-electron chi connectivity index (χ3n) is 4.39. The minimum absolute atomic E-state index is 0.0511. The maximum Gasteiger partial charge on any atom is 0.338 e. The lowest BCUT2D eigenvalue weighted by Gasteiger charge is -2.28. The molecular formula is C21H21BrN2O5. The molecule has 2 amide bonds. The number of esters is 1. The van der Waals surface area contributed by atoms with Gasteiger partial charge in [0.05, 0.1) is 22.7 Å². The molecule has 0 fully saturated rings. The smallest absolute Gasteiger partial charge is 0.338 e. The lowest BCUT2D eigenvalue weighted by Crippen LogP contribution is -2.45. The standard InChI is InChI=1S/C21H21BrN2O5/c1-3-28-16-10-14(9-15(22)19(16)25)18-17(12(2)23-21(27)24-18)20(26)29-11-13-7-5-4-6-8-13/h4-10,18,25H,3,11H2,1-2H3,(H2,23,24,27). The van der Waals surface area contributed by atoms with E-state index in [0.29, 0.717) is 22.3 Å². The topological polar surface area (TPSA) is 96.9 Å². The van der Waals surface area contributed by atoms with E-state index in [2.05, 4.69) is 26.6 Å². The molecule has 0 aliphatic carbocycles. The van der Waals surface area contributed by atoms with Crippen molar-refractivity contribution in [2.45, 2.75) is 26.5 Å². The van der Waals surface area contributed by atoms with Gasteiger partial charge in [-0.15, -0.1) is 0 Å². The molecule has 7 nitrogen and oxygen atoms in total. The normalized spacial score (nSPS) is 16.1. The number of carbonyl (C=O) groups is 2. The average Bonchev–Trinajstić information content (AvgIpc) is 2.70. The summed E-state index contributed by atoms with van der Waals surface area (Å²) in [7, 11) is 0. The average molecular weight is 461 g/mol. The van der Waals surface area contributed by atoms with Crippen LogP contribution in [0.25, 0.3) is 0 Å². The van der Waals surface area contributed by atoms with Crippen molar-refractivity contribution in [1.29, 1.82) is 0 Å². The second-order valence-electron chi connectivity index (χ2n) is 6.41. The fourth-order valence-corrected chi connectivity index (χ4v) is 3.50. The van der Waals surface area contributed by atoms with Gasteiger partial charge in [-0.25, -0.2) is 9.59 Å². The predicted molar refractivity (Wildman–Crippen MR) is 110 cm³/mol. The molecule has 2 aromatic rings. The van der Waals surface area contributed by atoms with Crippen LogP contribution in [0.1, 0.15) is 31.0 Å². The summed E-state index contributed by atoms with van der Waals surface area (Å²) in [6, 6.07) is 11.4. The van der Waals surface area contributed by atoms with Crippen molar-refractivity contribution >= 4 is 27.9 Å². The van der Waals surface area contributed by atoms with E-state index in [1.165, 1.54) is 0 Å². The van der Waals surface area contributed by atoms with Crippen LogP contribution in [0.5, 0.6) is 11.5 Å². The maximum absolute atomic E-state index is 12.9. The van der Waals surface area contributed by atoms with E-state index >= 15 is 0 Å².